The van der Waals surface area contributed by atoms with Gasteiger partial charge in [0.1, 0.15) is 5.75 Å². The van der Waals surface area contributed by atoms with Crippen LogP contribution in [-0.2, 0) is 10.3 Å². The lowest BCUT2D eigenvalue weighted by atomic mass is 9.73. The third kappa shape index (κ3) is 6.54. The number of rotatable bonds is 10. The molecule has 2 fully saturated rings. The number of aryl methyl sites for hydroxylation is 1. The van der Waals surface area contributed by atoms with Gasteiger partial charge in [0.2, 0.25) is 0 Å². The zero-order valence-electron chi connectivity index (χ0n) is 23.2. The van der Waals surface area contributed by atoms with Crippen LogP contribution in [0.4, 0.5) is 9.18 Å². The van der Waals surface area contributed by atoms with Gasteiger partial charge in [-0.15, -0.1) is 0 Å². The maximum absolute atomic E-state index is 15.4. The number of carbonyl (C=O) groups excluding carboxylic acids is 1. The number of piperidine rings is 1. The van der Waals surface area contributed by atoms with Crippen molar-refractivity contribution in [2.24, 2.45) is 5.92 Å². The second kappa shape index (κ2) is 13.1. The summed E-state index contributed by atoms with van der Waals surface area (Å²) in [5.74, 6) is -0.327. The van der Waals surface area contributed by atoms with Crippen LogP contribution in [0, 0.1) is 18.7 Å². The van der Waals surface area contributed by atoms with Crippen LogP contribution in [0.2, 0.25) is 0 Å². The molecule has 2 aliphatic rings. The van der Waals surface area contributed by atoms with Gasteiger partial charge in [-0.2, -0.15) is 0 Å². The van der Waals surface area contributed by atoms with Crippen molar-refractivity contribution in [3.05, 3.63) is 59.4 Å². The Morgan fingerprint density at radius 1 is 1.13 bits per heavy atom. The number of unbranched alkanes of at least 4 members (excludes halogenated alkanes) is 1. The van der Waals surface area contributed by atoms with Crippen LogP contribution in [-0.4, -0.2) is 85.1 Å². The first-order chi connectivity index (χ1) is 18.8. The second-order valence-electron chi connectivity index (χ2n) is 10.8. The van der Waals surface area contributed by atoms with Gasteiger partial charge >= 0.3 is 6.03 Å². The summed E-state index contributed by atoms with van der Waals surface area (Å²) in [7, 11) is 3.42. The third-order valence-electron chi connectivity index (χ3n) is 8.19. The van der Waals surface area contributed by atoms with Crippen LogP contribution < -0.4 is 10.1 Å². The molecule has 3 N–H and O–H groups in total. The molecule has 0 unspecified atom stereocenters. The molecular formula is C30H42FN3O5. The molecule has 2 aliphatic heterocycles. The van der Waals surface area contributed by atoms with Crippen molar-refractivity contribution in [3.8, 4) is 11.5 Å². The van der Waals surface area contributed by atoms with Crippen LogP contribution in [0.3, 0.4) is 0 Å². The zero-order chi connectivity index (χ0) is 28.0. The van der Waals surface area contributed by atoms with E-state index < -0.39 is 17.5 Å². The van der Waals surface area contributed by atoms with Crippen molar-refractivity contribution in [2.75, 3.05) is 46.9 Å². The van der Waals surface area contributed by atoms with E-state index in [1.165, 1.54) is 6.07 Å². The number of methoxy groups -OCH3 is 1. The van der Waals surface area contributed by atoms with Gasteiger partial charge in [0.25, 0.3) is 0 Å². The molecule has 2 aromatic rings. The zero-order valence-corrected chi connectivity index (χ0v) is 23.2. The summed E-state index contributed by atoms with van der Waals surface area (Å²) in [5.41, 5.74) is -0.169. The first-order valence-corrected chi connectivity index (χ1v) is 13.9. The lowest BCUT2D eigenvalue weighted by Crippen LogP contribution is -2.52. The number of nitrogens with zero attached hydrogens (tertiary/aromatic N) is 2. The summed E-state index contributed by atoms with van der Waals surface area (Å²) in [6.07, 6.45) is 2.57. The number of carbonyl (C=O) groups is 1. The van der Waals surface area contributed by atoms with Crippen molar-refractivity contribution in [1.29, 1.82) is 0 Å². The van der Waals surface area contributed by atoms with E-state index in [0.29, 0.717) is 63.2 Å². The molecule has 2 aromatic carbocycles. The number of para-hydroxylation sites is 2. The Labute approximate surface area is 230 Å². The number of benzene rings is 2. The highest BCUT2D eigenvalue weighted by Gasteiger charge is 2.45. The van der Waals surface area contributed by atoms with Crippen LogP contribution in [0.25, 0.3) is 0 Å². The molecule has 8 nitrogen and oxygen atoms in total. The van der Waals surface area contributed by atoms with E-state index >= 15 is 4.39 Å². The molecule has 4 rings (SSSR count). The fourth-order valence-electron chi connectivity index (χ4n) is 5.90. The molecule has 2 heterocycles. The number of amides is 2. The fourth-order valence-corrected chi connectivity index (χ4v) is 5.90. The lowest BCUT2D eigenvalue weighted by molar-refractivity contribution is -0.0590. The van der Waals surface area contributed by atoms with Crippen molar-refractivity contribution in [3.63, 3.8) is 0 Å². The molecule has 0 radical (unpaired) electrons. The molecule has 39 heavy (non-hydrogen) atoms. The molecule has 2 amide bonds. The number of ether oxygens (including phenoxy) is 2. The maximum atomic E-state index is 15.4. The highest BCUT2D eigenvalue weighted by molar-refractivity contribution is 5.75. The van der Waals surface area contributed by atoms with Gasteiger partial charge in [-0.05, 0) is 63.8 Å². The van der Waals surface area contributed by atoms with E-state index in [4.69, 9.17) is 9.47 Å². The Morgan fingerprint density at radius 2 is 1.92 bits per heavy atom. The van der Waals surface area contributed by atoms with Crippen molar-refractivity contribution >= 4 is 6.03 Å². The number of likely N-dealkylation sites (N-methyl/N-ethyl adjacent to an activating group) is 1. The molecule has 9 heteroatoms. The summed E-state index contributed by atoms with van der Waals surface area (Å²) >= 11 is 0. The Morgan fingerprint density at radius 3 is 2.64 bits per heavy atom. The second-order valence-corrected chi connectivity index (χ2v) is 10.8. The van der Waals surface area contributed by atoms with Gasteiger partial charge in [-0.1, -0.05) is 30.3 Å². The number of halogens is 1. The predicted molar refractivity (Wildman–Crippen MR) is 147 cm³/mol. The van der Waals surface area contributed by atoms with E-state index in [9.17, 15) is 15.0 Å². The summed E-state index contributed by atoms with van der Waals surface area (Å²) in [5, 5.41) is 25.8. The molecule has 2 saturated heterocycles. The van der Waals surface area contributed by atoms with E-state index in [0.717, 1.165) is 12.0 Å². The highest BCUT2D eigenvalue weighted by Crippen LogP contribution is 2.45. The molecule has 214 valence electrons. The van der Waals surface area contributed by atoms with E-state index in [-0.39, 0.29) is 30.3 Å². The number of hydrogen-bond donors (Lipinski definition) is 3. The van der Waals surface area contributed by atoms with Crippen LogP contribution in [0.5, 0.6) is 11.5 Å². The summed E-state index contributed by atoms with van der Waals surface area (Å²) in [6, 6.07) is 11.8. The fraction of sp³-hybridized carbons (Fsp3) is 0.567. The summed E-state index contributed by atoms with van der Waals surface area (Å²) in [6.45, 7) is 4.05. The van der Waals surface area contributed by atoms with Gasteiger partial charge in [0.05, 0.1) is 17.7 Å². The maximum Gasteiger partial charge on any atom is 0.320 e. The number of hydrogen-bond acceptors (Lipinski definition) is 6. The Bertz CT molecular complexity index is 1120. The number of likely N-dealkylation sites (tertiary alicyclic amines) is 2. The normalized spacial score (nSPS) is 23.1. The van der Waals surface area contributed by atoms with Gasteiger partial charge < -0.3 is 34.8 Å². The van der Waals surface area contributed by atoms with Gasteiger partial charge in [0, 0.05) is 51.4 Å². The van der Waals surface area contributed by atoms with Crippen molar-refractivity contribution < 1.29 is 28.9 Å². The monoisotopic (exact) mass is 543 g/mol. The number of nitrogens with one attached hydrogen (secondary N) is 1. The quantitative estimate of drug-likeness (QED) is 0.392. The minimum Gasteiger partial charge on any atom is -0.454 e. The molecule has 4 atom stereocenters. The number of aliphatic hydroxyl groups excluding tert-OH is 1. The predicted octanol–water partition coefficient (Wildman–Crippen LogP) is 4.03. The summed E-state index contributed by atoms with van der Waals surface area (Å²) in [4.78, 5) is 16.9. The molecule has 0 aliphatic carbocycles. The van der Waals surface area contributed by atoms with Crippen LogP contribution >= 0.6 is 0 Å². The van der Waals surface area contributed by atoms with E-state index in [1.54, 1.807) is 42.2 Å². The molecular weight excluding hydrogens is 501 g/mol. The SMILES string of the molecule is CN[C@@H]1CN(C(=O)N2CCC[C@@H]([C@@](O)(CCCCOC)c3cccc(F)c3Oc3ccccc3C)C2)C[C@@H]1O. The molecule has 0 bridgehead atoms. The number of urea groups is 1. The first kappa shape index (κ1) is 29.3. The van der Waals surface area contributed by atoms with Crippen LogP contribution in [0.1, 0.15) is 43.2 Å². The third-order valence-corrected chi connectivity index (χ3v) is 8.19. The van der Waals surface area contributed by atoms with Gasteiger partial charge in [-0.25, -0.2) is 9.18 Å². The van der Waals surface area contributed by atoms with Gasteiger partial charge in [-0.3, -0.25) is 0 Å². The largest absolute Gasteiger partial charge is 0.454 e. The number of β-amino-alcohol motifs (C(OH)–C–C–N with tert-alkyl or cyclic N) is 1. The summed E-state index contributed by atoms with van der Waals surface area (Å²) < 4.78 is 26.7. The first-order valence-electron chi connectivity index (χ1n) is 13.9. The Kier molecular flexibility index (Phi) is 9.82. The average Bonchev–Trinajstić information content (AvgIpc) is 3.33. The molecule has 0 saturated carbocycles. The average molecular weight is 544 g/mol. The Balaban J connectivity index is 1.64. The van der Waals surface area contributed by atoms with Crippen LogP contribution in [0.15, 0.2) is 42.5 Å². The van der Waals surface area contributed by atoms with Gasteiger partial charge in [0.15, 0.2) is 11.6 Å². The molecule has 0 aromatic heterocycles. The number of aliphatic hydroxyl groups is 2. The van der Waals surface area contributed by atoms with Crippen molar-refractivity contribution in [1.82, 2.24) is 15.1 Å². The van der Waals surface area contributed by atoms with E-state index in [2.05, 4.69) is 5.32 Å². The minimum atomic E-state index is -1.43. The topological polar surface area (TPSA) is 94.5 Å². The minimum absolute atomic E-state index is 0.0176. The lowest BCUT2D eigenvalue weighted by Gasteiger charge is -2.44. The Hall–Kier alpha value is -2.72. The smallest absolute Gasteiger partial charge is 0.320 e. The standard InChI is InChI=1S/C30H42FN3O5/c1-21-10-4-5-14-27(21)39-28-23(12-8-13-24(28)31)30(37,15-6-7-17-38-3)22-11-9-16-33(18-22)29(36)34-19-25(32-2)26(35)20-34/h4-5,8,10,12-14,22,25-26,32,35,37H,6-7,9,11,15-20H2,1-3H3/t22-,25-,26+,30+/m1/s1. The highest BCUT2D eigenvalue weighted by atomic mass is 19.1. The van der Waals surface area contributed by atoms with E-state index in [1.807, 2.05) is 25.1 Å². The molecule has 0 spiro atoms. The van der Waals surface area contributed by atoms with Crippen molar-refractivity contribution in [2.45, 2.75) is 56.8 Å².